The molecule has 2 aromatic carbocycles. The van der Waals surface area contributed by atoms with E-state index in [-0.39, 0.29) is 40.8 Å². The van der Waals surface area contributed by atoms with E-state index in [1.807, 2.05) is 60.7 Å². The van der Waals surface area contributed by atoms with Gasteiger partial charge in [-0.1, -0.05) is 93.8 Å². The van der Waals surface area contributed by atoms with E-state index in [1.54, 1.807) is 0 Å². The Morgan fingerprint density at radius 2 is 1.52 bits per heavy atom. The van der Waals surface area contributed by atoms with Gasteiger partial charge in [-0.25, -0.2) is 0 Å². The van der Waals surface area contributed by atoms with Crippen molar-refractivity contribution in [3.05, 3.63) is 71.8 Å². The Morgan fingerprint density at radius 3 is 2.13 bits per heavy atom. The number of hydrogen-bond donors (Lipinski definition) is 3. The van der Waals surface area contributed by atoms with Crippen molar-refractivity contribution >= 4 is 24.8 Å². The summed E-state index contributed by atoms with van der Waals surface area (Å²) < 4.78 is 13.5. The van der Waals surface area contributed by atoms with E-state index in [4.69, 9.17) is 9.31 Å². The topological polar surface area (TPSA) is 106 Å². The lowest BCUT2D eigenvalue weighted by Crippen LogP contribution is -2.65. The Hall–Kier alpha value is -3.17. The molecule has 8 nitrogen and oxygen atoms in total. The van der Waals surface area contributed by atoms with Crippen molar-refractivity contribution in [1.29, 1.82) is 0 Å². The molecule has 1 saturated heterocycles. The third-order valence-corrected chi connectivity index (χ3v) is 11.6. The van der Waals surface area contributed by atoms with E-state index < -0.39 is 19.2 Å². The standard InChI is InChI=1S/C37H50BN3O5/c1-24(42)39-29(19-18-25-12-7-5-8-13-25)34(43)40-30(20-26-14-9-6-10-15-26)35(44)41-33(21-27-16-11-17-27)38-45-32-23-28-22-31(36(28,2)3)37(32,4)46-38/h5-10,12-15,27-33H,11,16-23H2,1-4H3,(H,39,42)(H,40,43)(H,41,44)/t28-,29-,30-,31-,32+,33-,37-/m0/s1. The first kappa shape index (κ1) is 32.8. The Bertz CT molecular complexity index is 1390. The molecule has 0 aromatic heterocycles. The van der Waals surface area contributed by atoms with Crippen molar-refractivity contribution in [2.24, 2.45) is 23.2 Å². The van der Waals surface area contributed by atoms with Crippen LogP contribution >= 0.6 is 0 Å². The molecule has 5 fully saturated rings. The minimum Gasteiger partial charge on any atom is -0.404 e. The summed E-state index contributed by atoms with van der Waals surface area (Å²) in [6.45, 7) is 8.31. The number of amides is 3. The van der Waals surface area contributed by atoms with Crippen LogP contribution in [-0.4, -0.2) is 54.6 Å². The second-order valence-electron chi connectivity index (χ2n) is 15.0. The van der Waals surface area contributed by atoms with Gasteiger partial charge in [0, 0.05) is 13.3 Å². The summed E-state index contributed by atoms with van der Waals surface area (Å²) in [6.07, 6.45) is 7.81. The van der Waals surface area contributed by atoms with E-state index in [2.05, 4.69) is 36.7 Å². The lowest BCUT2D eigenvalue weighted by atomic mass is 9.43. The van der Waals surface area contributed by atoms with Gasteiger partial charge in [0.25, 0.3) is 0 Å². The molecule has 2 bridgehead atoms. The quantitative estimate of drug-likeness (QED) is 0.277. The maximum atomic E-state index is 14.2. The zero-order chi connectivity index (χ0) is 32.5. The monoisotopic (exact) mass is 627 g/mol. The van der Waals surface area contributed by atoms with Gasteiger partial charge in [0.1, 0.15) is 12.1 Å². The number of carbonyl (C=O) groups is 3. The summed E-state index contributed by atoms with van der Waals surface area (Å²) in [6, 6.07) is 18.0. The van der Waals surface area contributed by atoms with Gasteiger partial charge >= 0.3 is 7.12 Å². The Kier molecular flexibility index (Phi) is 9.63. The van der Waals surface area contributed by atoms with Crippen LogP contribution in [0.3, 0.4) is 0 Å². The van der Waals surface area contributed by atoms with Gasteiger partial charge in [-0.2, -0.15) is 0 Å². The van der Waals surface area contributed by atoms with Crippen LogP contribution in [0.15, 0.2) is 60.7 Å². The minimum atomic E-state index is -0.835. The van der Waals surface area contributed by atoms with E-state index in [0.717, 1.165) is 36.8 Å². The van der Waals surface area contributed by atoms with Crippen LogP contribution < -0.4 is 16.0 Å². The predicted molar refractivity (Wildman–Crippen MR) is 178 cm³/mol. The highest BCUT2D eigenvalue weighted by atomic mass is 16.7. The minimum absolute atomic E-state index is 0.0258. The molecule has 4 aliphatic carbocycles. The molecule has 7 rings (SSSR count). The molecule has 2 aromatic rings. The van der Waals surface area contributed by atoms with Crippen LogP contribution in [0, 0.1) is 23.2 Å². The lowest BCUT2D eigenvalue weighted by Gasteiger charge is -2.64. The first-order valence-corrected chi connectivity index (χ1v) is 17.3. The third kappa shape index (κ3) is 6.91. The number of benzene rings is 2. The van der Waals surface area contributed by atoms with Crippen LogP contribution in [0.5, 0.6) is 0 Å². The number of carbonyl (C=O) groups excluding carboxylic acids is 3. The number of aryl methyl sites for hydroxylation is 1. The van der Waals surface area contributed by atoms with Crippen LogP contribution in [-0.2, 0) is 36.5 Å². The average Bonchev–Trinajstić information content (AvgIpc) is 3.38. The van der Waals surface area contributed by atoms with E-state index in [9.17, 15) is 14.4 Å². The zero-order valence-corrected chi connectivity index (χ0v) is 27.8. The molecule has 5 aliphatic rings. The van der Waals surface area contributed by atoms with Crippen LogP contribution in [0.1, 0.15) is 83.8 Å². The molecule has 4 saturated carbocycles. The van der Waals surface area contributed by atoms with Gasteiger partial charge in [-0.3, -0.25) is 14.4 Å². The SMILES string of the molecule is CC(=O)N[C@@H](CCc1ccccc1)C(=O)N[C@@H](Cc1ccccc1)C(=O)N[C@@H](CC1CCC1)B1O[C@@H]2C[C@@H]3C[C@@H](C3(C)C)[C@]2(C)O1. The van der Waals surface area contributed by atoms with Gasteiger partial charge in [-0.15, -0.1) is 0 Å². The second-order valence-corrected chi connectivity index (χ2v) is 15.0. The Labute approximate surface area is 274 Å². The molecule has 3 amide bonds. The third-order valence-electron chi connectivity index (χ3n) is 11.6. The van der Waals surface area contributed by atoms with Gasteiger partial charge in [0.05, 0.1) is 17.6 Å². The van der Waals surface area contributed by atoms with Crippen LogP contribution in [0.25, 0.3) is 0 Å². The molecule has 1 heterocycles. The first-order chi connectivity index (χ1) is 22.0. The fraction of sp³-hybridized carbons (Fsp3) is 0.595. The van der Waals surface area contributed by atoms with Crippen molar-refractivity contribution in [2.45, 2.75) is 115 Å². The van der Waals surface area contributed by atoms with Crippen molar-refractivity contribution < 1.29 is 23.7 Å². The summed E-state index contributed by atoms with van der Waals surface area (Å²) in [4.78, 5) is 40.1. The van der Waals surface area contributed by atoms with Crippen molar-refractivity contribution in [3.63, 3.8) is 0 Å². The summed E-state index contributed by atoms with van der Waals surface area (Å²) in [5.74, 6) is 0.350. The van der Waals surface area contributed by atoms with E-state index in [1.165, 1.54) is 19.8 Å². The molecular formula is C37H50BN3O5. The highest BCUT2D eigenvalue weighted by molar-refractivity contribution is 6.48. The largest absolute Gasteiger partial charge is 0.481 e. The van der Waals surface area contributed by atoms with Crippen LogP contribution in [0.2, 0.25) is 0 Å². The highest BCUT2D eigenvalue weighted by Crippen LogP contribution is 2.65. The molecule has 0 spiro atoms. The average molecular weight is 628 g/mol. The molecule has 46 heavy (non-hydrogen) atoms. The molecular weight excluding hydrogens is 577 g/mol. The van der Waals surface area contributed by atoms with E-state index >= 15 is 0 Å². The Balaban J connectivity index is 1.19. The molecule has 7 atom stereocenters. The maximum Gasteiger partial charge on any atom is 0.481 e. The van der Waals surface area contributed by atoms with Gasteiger partial charge in [-0.05, 0) is 73.3 Å². The smallest absolute Gasteiger partial charge is 0.404 e. The van der Waals surface area contributed by atoms with Crippen LogP contribution in [0.4, 0.5) is 0 Å². The molecule has 0 radical (unpaired) electrons. The first-order valence-electron chi connectivity index (χ1n) is 17.3. The summed E-state index contributed by atoms with van der Waals surface area (Å²) in [7, 11) is -0.527. The number of hydrogen-bond acceptors (Lipinski definition) is 5. The van der Waals surface area contributed by atoms with Crippen molar-refractivity contribution in [1.82, 2.24) is 16.0 Å². The van der Waals surface area contributed by atoms with Gasteiger partial charge in [0.15, 0.2) is 0 Å². The highest BCUT2D eigenvalue weighted by Gasteiger charge is 2.68. The predicted octanol–water partition coefficient (Wildman–Crippen LogP) is 4.79. The molecule has 246 valence electrons. The molecule has 3 N–H and O–H groups in total. The van der Waals surface area contributed by atoms with Gasteiger partial charge < -0.3 is 25.3 Å². The van der Waals surface area contributed by atoms with E-state index in [0.29, 0.717) is 37.0 Å². The summed E-state index contributed by atoms with van der Waals surface area (Å²) >= 11 is 0. The molecule has 1 aliphatic heterocycles. The maximum absolute atomic E-state index is 14.2. The lowest BCUT2D eigenvalue weighted by molar-refractivity contribution is -0.199. The van der Waals surface area contributed by atoms with Gasteiger partial charge in [0.2, 0.25) is 17.7 Å². The molecule has 0 unspecified atom stereocenters. The fourth-order valence-corrected chi connectivity index (χ4v) is 8.48. The summed E-state index contributed by atoms with van der Waals surface area (Å²) in [5, 5.41) is 9.13. The summed E-state index contributed by atoms with van der Waals surface area (Å²) in [5.41, 5.74) is 1.88. The fourth-order valence-electron chi connectivity index (χ4n) is 8.48. The zero-order valence-electron chi connectivity index (χ0n) is 27.8. The number of nitrogens with one attached hydrogen (secondary N) is 3. The Morgan fingerprint density at radius 1 is 0.870 bits per heavy atom. The normalized spacial score (nSPS) is 28.1. The van der Waals surface area contributed by atoms with Crippen molar-refractivity contribution in [2.75, 3.05) is 0 Å². The second kappa shape index (κ2) is 13.5. The molecule has 9 heteroatoms. The van der Waals surface area contributed by atoms with Crippen molar-refractivity contribution in [3.8, 4) is 0 Å². The number of rotatable bonds is 13.